The second kappa shape index (κ2) is 4.13. The summed E-state index contributed by atoms with van der Waals surface area (Å²) in [7, 11) is 0. The monoisotopic (exact) mass is 250 g/mol. The van der Waals surface area contributed by atoms with Gasteiger partial charge in [-0.15, -0.1) is 0 Å². The van der Waals surface area contributed by atoms with Crippen molar-refractivity contribution < 1.29 is 14.1 Å². The summed E-state index contributed by atoms with van der Waals surface area (Å²) >= 11 is 2.91. The van der Waals surface area contributed by atoms with Crippen molar-refractivity contribution in [2.24, 2.45) is 0 Å². The highest BCUT2D eigenvalue weighted by molar-refractivity contribution is 9.10. The van der Waals surface area contributed by atoms with Crippen LogP contribution in [0, 0.1) is 10.1 Å². The normalized spacial score (nSPS) is 9.69. The second-order valence-corrected chi connectivity index (χ2v) is 2.71. The number of aromatic nitrogens is 1. The first kappa shape index (κ1) is 9.85. The molecule has 0 fully saturated rings. The molecule has 0 atom stereocenters. The van der Waals surface area contributed by atoms with Crippen molar-refractivity contribution in [3.05, 3.63) is 27.0 Å². The largest absolute Gasteiger partial charge is 0.453 e. The molecule has 0 aliphatic carbocycles. The maximum Gasteiger partial charge on any atom is 0.315 e. The fraction of sp³-hybridized carbons (Fsp3) is 0.167. The van der Waals surface area contributed by atoms with Gasteiger partial charge in [-0.1, -0.05) is 0 Å². The molecule has 1 aromatic heterocycles. The van der Waals surface area contributed by atoms with Crippen LogP contribution in [0.25, 0.3) is 0 Å². The summed E-state index contributed by atoms with van der Waals surface area (Å²) in [5, 5.41) is 10.4. The number of rotatable bonds is 3. The Morgan fingerprint density at radius 3 is 3.00 bits per heavy atom. The first-order valence-electron chi connectivity index (χ1n) is 3.14. The molecule has 1 heterocycles. The van der Waals surface area contributed by atoms with Crippen LogP contribution in [0.2, 0.25) is 0 Å². The molecule has 0 radical (unpaired) electrons. The van der Waals surface area contributed by atoms with E-state index < -0.39 is 11.8 Å². The standard InChI is InChI=1S/C6H4BrFN2O3/c7-6-5(13-3-8)4(10(11)12)1-2-9-6/h1-2H,3H2. The summed E-state index contributed by atoms with van der Waals surface area (Å²) in [6.07, 6.45) is 1.23. The van der Waals surface area contributed by atoms with Crippen molar-refractivity contribution in [2.45, 2.75) is 0 Å². The zero-order chi connectivity index (χ0) is 9.84. The van der Waals surface area contributed by atoms with Crippen molar-refractivity contribution in [1.29, 1.82) is 0 Å². The third-order valence-corrected chi connectivity index (χ3v) is 1.80. The SMILES string of the molecule is O=[N+]([O-])c1ccnc(Br)c1OCF. The van der Waals surface area contributed by atoms with Gasteiger partial charge < -0.3 is 4.74 Å². The Balaban J connectivity index is 3.17. The Morgan fingerprint density at radius 2 is 2.46 bits per heavy atom. The van der Waals surface area contributed by atoms with Gasteiger partial charge in [0.15, 0.2) is 4.60 Å². The van der Waals surface area contributed by atoms with E-state index in [0.717, 1.165) is 6.07 Å². The van der Waals surface area contributed by atoms with Crippen molar-refractivity contribution in [3.63, 3.8) is 0 Å². The number of nitrogens with zero attached hydrogens (tertiary/aromatic N) is 2. The molecule has 1 rings (SSSR count). The molecular weight excluding hydrogens is 247 g/mol. The van der Waals surface area contributed by atoms with Crippen molar-refractivity contribution in [1.82, 2.24) is 4.98 Å². The fourth-order valence-corrected chi connectivity index (χ4v) is 1.18. The Kier molecular flexibility index (Phi) is 3.13. The van der Waals surface area contributed by atoms with Crippen LogP contribution in [0.15, 0.2) is 16.9 Å². The second-order valence-electron chi connectivity index (χ2n) is 1.96. The number of hydrogen-bond donors (Lipinski definition) is 0. The number of alkyl halides is 1. The van der Waals surface area contributed by atoms with Gasteiger partial charge in [-0.3, -0.25) is 10.1 Å². The average Bonchev–Trinajstić information content (AvgIpc) is 2.08. The molecule has 0 unspecified atom stereocenters. The van der Waals surface area contributed by atoms with E-state index in [4.69, 9.17) is 0 Å². The van der Waals surface area contributed by atoms with Gasteiger partial charge in [-0.05, 0) is 15.9 Å². The van der Waals surface area contributed by atoms with Crippen LogP contribution in [0.4, 0.5) is 10.1 Å². The maximum absolute atomic E-state index is 11.8. The minimum absolute atomic E-state index is 0.111. The van der Waals surface area contributed by atoms with Crippen molar-refractivity contribution in [3.8, 4) is 5.75 Å². The molecule has 13 heavy (non-hydrogen) atoms. The third-order valence-electron chi connectivity index (χ3n) is 1.24. The minimum Gasteiger partial charge on any atom is -0.453 e. The van der Waals surface area contributed by atoms with E-state index >= 15 is 0 Å². The Hall–Kier alpha value is -1.24. The zero-order valence-electron chi connectivity index (χ0n) is 6.24. The van der Waals surface area contributed by atoms with Gasteiger partial charge in [-0.2, -0.15) is 0 Å². The van der Waals surface area contributed by atoms with Crippen molar-refractivity contribution >= 4 is 21.6 Å². The number of nitro groups is 1. The molecular formula is C6H4BrFN2O3. The molecule has 1 aromatic rings. The van der Waals surface area contributed by atoms with Gasteiger partial charge in [0.2, 0.25) is 12.6 Å². The van der Waals surface area contributed by atoms with E-state index in [1.54, 1.807) is 0 Å². The van der Waals surface area contributed by atoms with Crippen LogP contribution in [-0.2, 0) is 0 Å². The van der Waals surface area contributed by atoms with E-state index in [9.17, 15) is 14.5 Å². The van der Waals surface area contributed by atoms with Crippen LogP contribution in [0.5, 0.6) is 5.75 Å². The Morgan fingerprint density at radius 1 is 1.77 bits per heavy atom. The molecule has 0 amide bonds. The van der Waals surface area contributed by atoms with Crippen LogP contribution in [-0.4, -0.2) is 16.8 Å². The lowest BCUT2D eigenvalue weighted by atomic mass is 10.4. The summed E-state index contributed by atoms with van der Waals surface area (Å²) in [4.78, 5) is 13.4. The molecule has 0 N–H and O–H groups in total. The maximum atomic E-state index is 11.8. The lowest BCUT2D eigenvalue weighted by molar-refractivity contribution is -0.386. The van der Waals surface area contributed by atoms with E-state index in [2.05, 4.69) is 25.7 Å². The molecule has 70 valence electrons. The van der Waals surface area contributed by atoms with E-state index in [-0.39, 0.29) is 16.0 Å². The molecule has 0 spiro atoms. The molecule has 0 bridgehead atoms. The predicted octanol–water partition coefficient (Wildman–Crippen LogP) is 2.06. The summed E-state index contributed by atoms with van der Waals surface area (Å²) in [5.41, 5.74) is -0.320. The summed E-state index contributed by atoms with van der Waals surface area (Å²) in [6, 6.07) is 1.13. The third kappa shape index (κ3) is 2.11. The molecule has 7 heteroatoms. The fourth-order valence-electron chi connectivity index (χ4n) is 0.745. The molecule has 0 aliphatic rings. The Bertz CT molecular complexity index is 334. The summed E-state index contributed by atoms with van der Waals surface area (Å²) in [5.74, 6) is -0.199. The van der Waals surface area contributed by atoms with E-state index in [0.29, 0.717) is 0 Å². The lowest BCUT2D eigenvalue weighted by Crippen LogP contribution is -1.98. The predicted molar refractivity (Wildman–Crippen MR) is 45.2 cm³/mol. The molecule has 0 saturated heterocycles. The van der Waals surface area contributed by atoms with Crippen LogP contribution >= 0.6 is 15.9 Å². The lowest BCUT2D eigenvalue weighted by Gasteiger charge is -2.02. The smallest absolute Gasteiger partial charge is 0.315 e. The van der Waals surface area contributed by atoms with Gasteiger partial charge in [-0.25, -0.2) is 9.37 Å². The van der Waals surface area contributed by atoms with E-state index in [1.165, 1.54) is 6.20 Å². The first-order chi connectivity index (χ1) is 6.16. The zero-order valence-corrected chi connectivity index (χ0v) is 7.82. The number of halogens is 2. The van der Waals surface area contributed by atoms with Crippen LogP contribution in [0.3, 0.4) is 0 Å². The van der Waals surface area contributed by atoms with Crippen molar-refractivity contribution in [2.75, 3.05) is 6.86 Å². The topological polar surface area (TPSA) is 65.3 Å². The highest BCUT2D eigenvalue weighted by Crippen LogP contribution is 2.32. The highest BCUT2D eigenvalue weighted by atomic mass is 79.9. The molecule has 0 saturated carbocycles. The summed E-state index contributed by atoms with van der Waals surface area (Å²) in [6.45, 7) is -1.13. The number of ether oxygens (including phenoxy) is 1. The minimum atomic E-state index is -1.13. The first-order valence-corrected chi connectivity index (χ1v) is 3.93. The Labute approximate surface area is 80.8 Å². The van der Waals surface area contributed by atoms with Gasteiger partial charge >= 0.3 is 5.69 Å². The molecule has 0 aromatic carbocycles. The van der Waals surface area contributed by atoms with Gasteiger partial charge in [0.05, 0.1) is 4.92 Å². The van der Waals surface area contributed by atoms with Gasteiger partial charge in [0.1, 0.15) is 0 Å². The van der Waals surface area contributed by atoms with E-state index in [1.807, 2.05) is 0 Å². The number of pyridine rings is 1. The number of hydrogen-bond acceptors (Lipinski definition) is 4. The van der Waals surface area contributed by atoms with Gasteiger partial charge in [0.25, 0.3) is 0 Å². The molecule has 0 aliphatic heterocycles. The molecule has 5 nitrogen and oxygen atoms in total. The highest BCUT2D eigenvalue weighted by Gasteiger charge is 2.18. The van der Waals surface area contributed by atoms with Crippen LogP contribution < -0.4 is 4.74 Å². The van der Waals surface area contributed by atoms with Gasteiger partial charge in [0, 0.05) is 12.3 Å². The summed E-state index contributed by atoms with van der Waals surface area (Å²) < 4.78 is 16.3. The van der Waals surface area contributed by atoms with Crippen LogP contribution in [0.1, 0.15) is 0 Å². The average molecular weight is 251 g/mol. The quantitative estimate of drug-likeness (QED) is 0.468.